The van der Waals surface area contributed by atoms with Crippen LogP contribution in [0, 0.1) is 5.82 Å². The highest BCUT2D eigenvalue weighted by Crippen LogP contribution is 2.16. The second-order valence-corrected chi connectivity index (χ2v) is 3.95. The standard InChI is InChI=1S/C15H13FN2O2/c1-20-14-8-3-2-7-13(14)15(19)18-17-10-11-5-4-6-12(16)9-11/h2-10H,1H3,(H,18,19). The van der Waals surface area contributed by atoms with Crippen molar-refractivity contribution in [3.05, 3.63) is 65.5 Å². The zero-order valence-corrected chi connectivity index (χ0v) is 10.8. The summed E-state index contributed by atoms with van der Waals surface area (Å²) in [5, 5.41) is 3.79. The van der Waals surface area contributed by atoms with Crippen molar-refractivity contribution in [3.63, 3.8) is 0 Å². The van der Waals surface area contributed by atoms with E-state index in [4.69, 9.17) is 4.74 Å². The van der Waals surface area contributed by atoms with Gasteiger partial charge in [-0.25, -0.2) is 9.82 Å². The summed E-state index contributed by atoms with van der Waals surface area (Å²) >= 11 is 0. The average Bonchev–Trinajstić information content (AvgIpc) is 2.47. The molecule has 0 atom stereocenters. The summed E-state index contributed by atoms with van der Waals surface area (Å²) < 4.78 is 18.0. The highest BCUT2D eigenvalue weighted by atomic mass is 19.1. The number of ether oxygens (including phenoxy) is 1. The number of hydrazone groups is 1. The number of hydrogen-bond donors (Lipinski definition) is 1. The molecule has 0 aromatic heterocycles. The smallest absolute Gasteiger partial charge is 0.275 e. The molecule has 1 N–H and O–H groups in total. The molecule has 0 spiro atoms. The van der Waals surface area contributed by atoms with Gasteiger partial charge in [0.15, 0.2) is 0 Å². The van der Waals surface area contributed by atoms with Gasteiger partial charge in [0.25, 0.3) is 5.91 Å². The fourth-order valence-corrected chi connectivity index (χ4v) is 1.64. The molecule has 4 nitrogen and oxygen atoms in total. The SMILES string of the molecule is COc1ccccc1C(=O)NN=Cc1cccc(F)c1. The van der Waals surface area contributed by atoms with Crippen molar-refractivity contribution in [2.24, 2.45) is 5.10 Å². The molecule has 0 radical (unpaired) electrons. The lowest BCUT2D eigenvalue weighted by Gasteiger charge is -2.05. The Morgan fingerprint density at radius 2 is 2.05 bits per heavy atom. The number of para-hydroxylation sites is 1. The van der Waals surface area contributed by atoms with E-state index in [0.717, 1.165) is 0 Å². The topological polar surface area (TPSA) is 50.7 Å². The molecule has 2 aromatic rings. The Morgan fingerprint density at radius 3 is 2.80 bits per heavy atom. The van der Waals surface area contributed by atoms with Crippen molar-refractivity contribution in [3.8, 4) is 5.75 Å². The van der Waals surface area contributed by atoms with Crippen molar-refractivity contribution in [2.45, 2.75) is 0 Å². The average molecular weight is 272 g/mol. The zero-order valence-electron chi connectivity index (χ0n) is 10.8. The summed E-state index contributed by atoms with van der Waals surface area (Å²) in [5.74, 6) is -0.286. The van der Waals surface area contributed by atoms with Crippen molar-refractivity contribution >= 4 is 12.1 Å². The van der Waals surface area contributed by atoms with Crippen molar-refractivity contribution < 1.29 is 13.9 Å². The maximum atomic E-state index is 13.0. The number of benzene rings is 2. The molecule has 2 aromatic carbocycles. The molecule has 0 aliphatic heterocycles. The molecule has 0 fully saturated rings. The Bertz CT molecular complexity index is 641. The van der Waals surface area contributed by atoms with Crippen LogP contribution < -0.4 is 10.2 Å². The molecule has 2 rings (SSSR count). The monoisotopic (exact) mass is 272 g/mol. The third-order valence-corrected chi connectivity index (χ3v) is 2.58. The summed E-state index contributed by atoms with van der Waals surface area (Å²) in [7, 11) is 1.49. The molecule has 5 heteroatoms. The maximum absolute atomic E-state index is 13.0. The molecule has 1 amide bonds. The Morgan fingerprint density at radius 1 is 1.25 bits per heavy atom. The van der Waals surface area contributed by atoms with Crippen LogP contribution >= 0.6 is 0 Å². The molecule has 0 heterocycles. The van der Waals surface area contributed by atoms with Crippen LogP contribution in [-0.2, 0) is 0 Å². The van der Waals surface area contributed by atoms with Gasteiger partial charge in [-0.05, 0) is 29.8 Å². The van der Waals surface area contributed by atoms with Crippen molar-refractivity contribution in [1.82, 2.24) is 5.43 Å². The Labute approximate surface area is 115 Å². The Balaban J connectivity index is 2.05. The maximum Gasteiger partial charge on any atom is 0.275 e. The van der Waals surface area contributed by atoms with Crippen molar-refractivity contribution in [1.29, 1.82) is 0 Å². The number of rotatable bonds is 4. The molecule has 0 aliphatic rings. The van der Waals surface area contributed by atoms with E-state index in [1.165, 1.54) is 25.5 Å². The highest BCUT2D eigenvalue weighted by molar-refractivity contribution is 5.97. The Kier molecular flexibility index (Phi) is 4.44. The molecule has 0 aliphatic carbocycles. The first-order chi connectivity index (χ1) is 9.70. The third kappa shape index (κ3) is 3.41. The van der Waals surface area contributed by atoms with E-state index in [0.29, 0.717) is 16.9 Å². The second kappa shape index (κ2) is 6.47. The fraction of sp³-hybridized carbons (Fsp3) is 0.0667. The molecule has 102 valence electrons. The van der Waals surface area contributed by atoms with Gasteiger partial charge >= 0.3 is 0 Å². The summed E-state index contributed by atoms with van der Waals surface area (Å²) in [4.78, 5) is 11.9. The number of amides is 1. The molecule has 20 heavy (non-hydrogen) atoms. The zero-order chi connectivity index (χ0) is 14.4. The van der Waals surface area contributed by atoms with E-state index in [9.17, 15) is 9.18 Å². The fourth-order valence-electron chi connectivity index (χ4n) is 1.64. The van der Waals surface area contributed by atoms with Crippen LogP contribution in [-0.4, -0.2) is 19.2 Å². The lowest BCUT2D eigenvalue weighted by atomic mass is 10.2. The number of halogens is 1. The van der Waals surface area contributed by atoms with Crippen LogP contribution in [0.5, 0.6) is 5.75 Å². The number of carbonyl (C=O) groups excluding carboxylic acids is 1. The van der Waals surface area contributed by atoms with Crippen LogP contribution in [0.4, 0.5) is 4.39 Å². The van der Waals surface area contributed by atoms with E-state index in [-0.39, 0.29) is 5.82 Å². The highest BCUT2D eigenvalue weighted by Gasteiger charge is 2.09. The Hall–Kier alpha value is -2.69. The molecule has 0 saturated heterocycles. The van der Waals surface area contributed by atoms with Gasteiger partial charge in [0.05, 0.1) is 18.9 Å². The molecule has 0 unspecified atom stereocenters. The minimum Gasteiger partial charge on any atom is -0.496 e. The molecular formula is C15H13FN2O2. The summed E-state index contributed by atoms with van der Waals surface area (Å²) in [6.45, 7) is 0. The van der Waals surface area contributed by atoms with Gasteiger partial charge in [0, 0.05) is 0 Å². The first kappa shape index (κ1) is 13.7. The number of carbonyl (C=O) groups is 1. The third-order valence-electron chi connectivity index (χ3n) is 2.58. The van der Waals surface area contributed by atoms with E-state index in [1.807, 2.05) is 0 Å². The summed E-state index contributed by atoms with van der Waals surface area (Å²) in [5.41, 5.74) is 3.31. The number of nitrogens with zero attached hydrogens (tertiary/aromatic N) is 1. The van der Waals surface area contributed by atoms with Gasteiger partial charge in [0.1, 0.15) is 11.6 Å². The molecular weight excluding hydrogens is 259 g/mol. The lowest BCUT2D eigenvalue weighted by Crippen LogP contribution is -2.18. The summed E-state index contributed by atoms with van der Waals surface area (Å²) in [6, 6.07) is 12.7. The van der Waals surface area contributed by atoms with Gasteiger partial charge in [-0.15, -0.1) is 0 Å². The van der Waals surface area contributed by atoms with Gasteiger partial charge in [-0.1, -0.05) is 24.3 Å². The van der Waals surface area contributed by atoms with Crippen LogP contribution in [0.15, 0.2) is 53.6 Å². The minimum absolute atomic E-state index is 0.356. The second-order valence-electron chi connectivity index (χ2n) is 3.95. The molecule has 0 saturated carbocycles. The lowest BCUT2D eigenvalue weighted by molar-refractivity contribution is 0.0952. The van der Waals surface area contributed by atoms with Crippen LogP contribution in [0.3, 0.4) is 0 Å². The predicted octanol–water partition coefficient (Wildman–Crippen LogP) is 2.60. The van der Waals surface area contributed by atoms with Gasteiger partial charge in [-0.2, -0.15) is 5.10 Å². The summed E-state index contributed by atoms with van der Waals surface area (Å²) in [6.07, 6.45) is 1.37. The van der Waals surface area contributed by atoms with Crippen LogP contribution in [0.25, 0.3) is 0 Å². The van der Waals surface area contributed by atoms with E-state index >= 15 is 0 Å². The largest absolute Gasteiger partial charge is 0.496 e. The van der Waals surface area contributed by atoms with E-state index in [1.54, 1.807) is 36.4 Å². The van der Waals surface area contributed by atoms with Crippen LogP contribution in [0.1, 0.15) is 15.9 Å². The number of nitrogens with one attached hydrogen (secondary N) is 1. The first-order valence-electron chi connectivity index (χ1n) is 5.92. The first-order valence-corrected chi connectivity index (χ1v) is 5.92. The quantitative estimate of drug-likeness (QED) is 0.687. The van der Waals surface area contributed by atoms with E-state index < -0.39 is 5.91 Å². The van der Waals surface area contributed by atoms with Gasteiger partial charge in [0.2, 0.25) is 0 Å². The van der Waals surface area contributed by atoms with Crippen molar-refractivity contribution in [2.75, 3.05) is 7.11 Å². The van der Waals surface area contributed by atoms with Crippen LogP contribution in [0.2, 0.25) is 0 Å². The minimum atomic E-state index is -0.393. The normalized spacial score (nSPS) is 10.5. The number of methoxy groups -OCH3 is 1. The van der Waals surface area contributed by atoms with Gasteiger partial charge in [-0.3, -0.25) is 4.79 Å². The van der Waals surface area contributed by atoms with Gasteiger partial charge < -0.3 is 4.74 Å². The predicted molar refractivity (Wildman–Crippen MR) is 74.5 cm³/mol. The number of hydrogen-bond acceptors (Lipinski definition) is 3. The van der Waals surface area contributed by atoms with E-state index in [2.05, 4.69) is 10.5 Å². The molecule has 0 bridgehead atoms.